The second kappa shape index (κ2) is 6.41. The summed E-state index contributed by atoms with van der Waals surface area (Å²) in [6.45, 7) is 9.85. The summed E-state index contributed by atoms with van der Waals surface area (Å²) in [7, 11) is 0. The summed E-state index contributed by atoms with van der Waals surface area (Å²) < 4.78 is 0. The Morgan fingerprint density at radius 3 is 2.81 bits per heavy atom. The topological polar surface area (TPSA) is 35.6 Å². The van der Waals surface area contributed by atoms with Crippen molar-refractivity contribution in [2.24, 2.45) is 0 Å². The Hall–Kier alpha value is -1.65. The number of carbonyl (C=O) groups excluding carboxylic acids is 1. The summed E-state index contributed by atoms with van der Waals surface area (Å²) in [5.41, 5.74) is 2.46. The lowest BCUT2D eigenvalue weighted by molar-refractivity contribution is -0.134. The number of benzene rings is 1. The number of fused-ring (bicyclic) bond motifs is 1. The number of amides is 1. The van der Waals surface area contributed by atoms with E-state index >= 15 is 0 Å². The zero-order valence-electron chi connectivity index (χ0n) is 12.4. The van der Waals surface area contributed by atoms with Gasteiger partial charge in [0.2, 0.25) is 5.91 Å². The van der Waals surface area contributed by atoms with Crippen LogP contribution in [-0.2, 0) is 11.3 Å². The highest BCUT2D eigenvalue weighted by Crippen LogP contribution is 2.26. The maximum absolute atomic E-state index is 12.8. The fourth-order valence-electron chi connectivity index (χ4n) is 3.27. The highest BCUT2D eigenvalue weighted by molar-refractivity contribution is 5.85. The molecule has 112 valence electrons. The second-order valence-corrected chi connectivity index (χ2v) is 5.80. The van der Waals surface area contributed by atoms with Crippen LogP contribution in [0.25, 0.3) is 0 Å². The first-order chi connectivity index (χ1) is 10.3. The summed E-state index contributed by atoms with van der Waals surface area (Å²) >= 11 is 0. The Balaban J connectivity index is 1.68. The molecule has 0 aromatic heterocycles. The molecular weight excluding hydrogens is 262 g/mol. The molecule has 0 bridgehead atoms. The molecule has 0 aliphatic carbocycles. The van der Waals surface area contributed by atoms with E-state index < -0.39 is 0 Å². The van der Waals surface area contributed by atoms with Crippen molar-refractivity contribution >= 4 is 5.91 Å². The molecule has 3 rings (SSSR count). The van der Waals surface area contributed by atoms with Crippen molar-refractivity contribution in [1.82, 2.24) is 15.1 Å². The molecule has 1 aromatic rings. The zero-order chi connectivity index (χ0) is 14.7. The quantitative estimate of drug-likeness (QED) is 0.848. The Bertz CT molecular complexity index is 521. The van der Waals surface area contributed by atoms with Crippen LogP contribution >= 0.6 is 0 Å². The van der Waals surface area contributed by atoms with E-state index in [1.807, 2.05) is 23.1 Å². The Morgan fingerprint density at radius 2 is 2.05 bits per heavy atom. The minimum atomic E-state index is -0.0269. The first kappa shape index (κ1) is 14.3. The van der Waals surface area contributed by atoms with Gasteiger partial charge in [-0.25, -0.2) is 0 Å². The van der Waals surface area contributed by atoms with Crippen molar-refractivity contribution in [3.8, 4) is 0 Å². The Labute approximate surface area is 126 Å². The van der Waals surface area contributed by atoms with Crippen LogP contribution < -0.4 is 5.32 Å². The van der Waals surface area contributed by atoms with Gasteiger partial charge in [0.1, 0.15) is 0 Å². The number of hydrogen-bond donors (Lipinski definition) is 1. The molecule has 1 N–H and O–H groups in total. The Morgan fingerprint density at radius 1 is 1.29 bits per heavy atom. The molecule has 1 aromatic carbocycles. The van der Waals surface area contributed by atoms with Crippen LogP contribution in [0.2, 0.25) is 0 Å². The maximum atomic E-state index is 12.8. The summed E-state index contributed by atoms with van der Waals surface area (Å²) in [4.78, 5) is 17.2. The first-order valence-corrected chi connectivity index (χ1v) is 7.70. The fourth-order valence-corrected chi connectivity index (χ4v) is 3.27. The second-order valence-electron chi connectivity index (χ2n) is 5.80. The van der Waals surface area contributed by atoms with Crippen LogP contribution in [0, 0.1) is 0 Å². The van der Waals surface area contributed by atoms with Gasteiger partial charge in [0.25, 0.3) is 0 Å². The van der Waals surface area contributed by atoms with E-state index in [4.69, 9.17) is 0 Å². The van der Waals surface area contributed by atoms with E-state index in [1.54, 1.807) is 0 Å². The lowest BCUT2D eigenvalue weighted by atomic mass is 9.89. The van der Waals surface area contributed by atoms with Gasteiger partial charge in [-0.15, -0.1) is 6.58 Å². The van der Waals surface area contributed by atoms with Gasteiger partial charge in [-0.1, -0.05) is 30.3 Å². The van der Waals surface area contributed by atoms with Gasteiger partial charge in [0.05, 0.1) is 5.92 Å². The predicted molar refractivity (Wildman–Crippen MR) is 84.1 cm³/mol. The van der Waals surface area contributed by atoms with E-state index in [0.29, 0.717) is 0 Å². The molecule has 4 heteroatoms. The number of hydrogen-bond acceptors (Lipinski definition) is 3. The van der Waals surface area contributed by atoms with Crippen molar-refractivity contribution in [3.63, 3.8) is 0 Å². The van der Waals surface area contributed by atoms with Gasteiger partial charge in [0.15, 0.2) is 0 Å². The molecule has 2 aliphatic rings. The van der Waals surface area contributed by atoms with Gasteiger partial charge in [0, 0.05) is 45.8 Å². The molecule has 4 nitrogen and oxygen atoms in total. The van der Waals surface area contributed by atoms with Crippen LogP contribution in [0.3, 0.4) is 0 Å². The molecule has 1 fully saturated rings. The molecule has 0 radical (unpaired) electrons. The standard InChI is InChI=1S/C17H23N3O/c1-2-7-19-8-10-20(11-9-19)17(21)16-13-18-12-14-5-3-4-6-15(14)16/h2-6,16,18H,1,7-13H2. The summed E-state index contributed by atoms with van der Waals surface area (Å²) in [5, 5.41) is 3.37. The summed E-state index contributed by atoms with van der Waals surface area (Å²) in [5.74, 6) is 0.244. The molecule has 0 saturated carbocycles. The zero-order valence-corrected chi connectivity index (χ0v) is 12.4. The monoisotopic (exact) mass is 285 g/mol. The average molecular weight is 285 g/mol. The lowest BCUT2D eigenvalue weighted by Gasteiger charge is -2.37. The fraction of sp³-hybridized carbons (Fsp3) is 0.471. The summed E-state index contributed by atoms with van der Waals surface area (Å²) in [6.07, 6.45) is 1.93. The first-order valence-electron chi connectivity index (χ1n) is 7.70. The van der Waals surface area contributed by atoms with E-state index in [1.165, 1.54) is 11.1 Å². The molecule has 1 unspecified atom stereocenters. The third-order valence-corrected chi connectivity index (χ3v) is 4.46. The summed E-state index contributed by atoms with van der Waals surface area (Å²) in [6, 6.07) is 8.30. The molecule has 2 aliphatic heterocycles. The van der Waals surface area contributed by atoms with Gasteiger partial charge in [-0.3, -0.25) is 9.69 Å². The van der Waals surface area contributed by atoms with Crippen LogP contribution in [0.5, 0.6) is 0 Å². The molecule has 0 spiro atoms. The SMILES string of the molecule is C=CCN1CCN(C(=O)C2CNCc3ccccc32)CC1. The van der Waals surface area contributed by atoms with E-state index in [0.717, 1.165) is 45.8 Å². The molecular formula is C17H23N3O. The lowest BCUT2D eigenvalue weighted by Crippen LogP contribution is -2.51. The number of rotatable bonds is 3. The van der Waals surface area contributed by atoms with Crippen molar-refractivity contribution in [2.45, 2.75) is 12.5 Å². The Kier molecular flexibility index (Phi) is 4.36. The molecule has 1 saturated heterocycles. The van der Waals surface area contributed by atoms with E-state index in [9.17, 15) is 4.79 Å². The normalized spacial score (nSPS) is 22.7. The minimum Gasteiger partial charge on any atom is -0.340 e. The average Bonchev–Trinajstić information content (AvgIpc) is 2.55. The van der Waals surface area contributed by atoms with Crippen LogP contribution in [0.1, 0.15) is 17.0 Å². The molecule has 21 heavy (non-hydrogen) atoms. The van der Waals surface area contributed by atoms with Crippen LogP contribution in [-0.4, -0.2) is 55.0 Å². The maximum Gasteiger partial charge on any atom is 0.231 e. The van der Waals surface area contributed by atoms with Gasteiger partial charge in [-0.2, -0.15) is 0 Å². The predicted octanol–water partition coefficient (Wildman–Crippen LogP) is 1.20. The van der Waals surface area contributed by atoms with Gasteiger partial charge in [-0.05, 0) is 11.1 Å². The van der Waals surface area contributed by atoms with Crippen molar-refractivity contribution in [2.75, 3.05) is 39.3 Å². The number of piperazine rings is 1. The molecule has 2 heterocycles. The number of carbonyl (C=O) groups is 1. The smallest absolute Gasteiger partial charge is 0.231 e. The third kappa shape index (κ3) is 3.01. The largest absolute Gasteiger partial charge is 0.340 e. The minimum absolute atomic E-state index is 0.0269. The number of nitrogens with zero attached hydrogens (tertiary/aromatic N) is 2. The third-order valence-electron chi connectivity index (χ3n) is 4.46. The van der Waals surface area contributed by atoms with Crippen molar-refractivity contribution in [3.05, 3.63) is 48.0 Å². The van der Waals surface area contributed by atoms with Crippen molar-refractivity contribution < 1.29 is 4.79 Å². The highest BCUT2D eigenvalue weighted by Gasteiger charge is 2.31. The van der Waals surface area contributed by atoms with Crippen LogP contribution in [0.4, 0.5) is 0 Å². The van der Waals surface area contributed by atoms with Crippen LogP contribution in [0.15, 0.2) is 36.9 Å². The van der Waals surface area contributed by atoms with Crippen molar-refractivity contribution in [1.29, 1.82) is 0 Å². The highest BCUT2D eigenvalue weighted by atomic mass is 16.2. The van der Waals surface area contributed by atoms with Gasteiger partial charge < -0.3 is 10.2 Å². The van der Waals surface area contributed by atoms with E-state index in [-0.39, 0.29) is 11.8 Å². The van der Waals surface area contributed by atoms with Gasteiger partial charge >= 0.3 is 0 Å². The number of nitrogens with one attached hydrogen (secondary N) is 1. The molecule has 1 amide bonds. The van der Waals surface area contributed by atoms with E-state index in [2.05, 4.69) is 28.9 Å². The molecule has 1 atom stereocenters.